The van der Waals surface area contributed by atoms with E-state index in [0.717, 1.165) is 24.6 Å². The van der Waals surface area contributed by atoms with Crippen molar-refractivity contribution in [2.45, 2.75) is 12.8 Å². The number of primary amides is 1. The molecule has 2 N–H and O–H groups in total. The van der Waals surface area contributed by atoms with Crippen LogP contribution in [0.25, 0.3) is 17.3 Å². The Morgan fingerprint density at radius 2 is 2.08 bits per heavy atom. The Labute approximate surface area is 144 Å². The van der Waals surface area contributed by atoms with Crippen LogP contribution in [0.3, 0.4) is 0 Å². The standard InChI is InChI=1S/C16H18N8O/c1-22-8-6-10-3-4-11(19-15(10)22)16-20-13(9-12(17)25)21-24(16)14-5-7-18-23(14)2/h3-5,7H,6,8-9H2,1-2H3,(H2,17,25). The average molecular weight is 338 g/mol. The summed E-state index contributed by atoms with van der Waals surface area (Å²) >= 11 is 0. The van der Waals surface area contributed by atoms with Crippen molar-refractivity contribution in [3.05, 3.63) is 35.8 Å². The Bertz CT molecular complexity index is 957. The third kappa shape index (κ3) is 2.63. The van der Waals surface area contributed by atoms with Crippen LogP contribution in [0, 0.1) is 0 Å². The van der Waals surface area contributed by atoms with Crippen LogP contribution < -0.4 is 10.6 Å². The Kier molecular flexibility index (Phi) is 3.48. The van der Waals surface area contributed by atoms with Gasteiger partial charge in [0.05, 0.1) is 12.6 Å². The maximum atomic E-state index is 11.3. The molecule has 0 atom stereocenters. The van der Waals surface area contributed by atoms with E-state index in [0.29, 0.717) is 17.3 Å². The summed E-state index contributed by atoms with van der Waals surface area (Å²) in [6.45, 7) is 0.952. The first-order chi connectivity index (χ1) is 12.0. The van der Waals surface area contributed by atoms with Crippen molar-refractivity contribution in [3.8, 4) is 17.3 Å². The molecule has 4 rings (SSSR count). The van der Waals surface area contributed by atoms with Crippen LogP contribution in [0.15, 0.2) is 24.4 Å². The first-order valence-corrected chi connectivity index (χ1v) is 7.97. The minimum atomic E-state index is -0.477. The van der Waals surface area contributed by atoms with Gasteiger partial charge >= 0.3 is 0 Å². The normalized spacial score (nSPS) is 13.3. The number of likely N-dealkylation sites (N-methyl/N-ethyl adjacent to an activating group) is 1. The van der Waals surface area contributed by atoms with Gasteiger partial charge in [0, 0.05) is 26.7 Å². The van der Waals surface area contributed by atoms with E-state index in [1.165, 1.54) is 5.56 Å². The number of aromatic nitrogens is 6. The summed E-state index contributed by atoms with van der Waals surface area (Å²) in [4.78, 5) is 22.6. The van der Waals surface area contributed by atoms with E-state index in [1.807, 2.05) is 26.2 Å². The lowest BCUT2D eigenvalue weighted by Gasteiger charge is -2.12. The Morgan fingerprint density at radius 1 is 1.24 bits per heavy atom. The lowest BCUT2D eigenvalue weighted by atomic mass is 10.2. The molecule has 0 unspecified atom stereocenters. The fourth-order valence-corrected chi connectivity index (χ4v) is 3.01. The van der Waals surface area contributed by atoms with Gasteiger partial charge in [-0.15, -0.1) is 5.10 Å². The number of pyridine rings is 1. The first kappa shape index (κ1) is 15.3. The number of aryl methyl sites for hydroxylation is 1. The molecule has 1 amide bonds. The van der Waals surface area contributed by atoms with Crippen molar-refractivity contribution in [1.29, 1.82) is 0 Å². The second-order valence-corrected chi connectivity index (χ2v) is 6.07. The largest absolute Gasteiger partial charge is 0.369 e. The van der Waals surface area contributed by atoms with Gasteiger partial charge in [-0.05, 0) is 18.1 Å². The van der Waals surface area contributed by atoms with E-state index >= 15 is 0 Å². The van der Waals surface area contributed by atoms with Gasteiger partial charge in [0.15, 0.2) is 17.5 Å². The second kappa shape index (κ2) is 5.69. The van der Waals surface area contributed by atoms with Crippen molar-refractivity contribution in [1.82, 2.24) is 29.5 Å². The van der Waals surface area contributed by atoms with Crippen LogP contribution in [0.1, 0.15) is 11.4 Å². The van der Waals surface area contributed by atoms with Gasteiger partial charge < -0.3 is 10.6 Å². The number of anilines is 1. The zero-order valence-corrected chi connectivity index (χ0v) is 14.0. The highest BCUT2D eigenvalue weighted by molar-refractivity contribution is 5.75. The van der Waals surface area contributed by atoms with Crippen LogP contribution in [0.5, 0.6) is 0 Å². The molecule has 25 heavy (non-hydrogen) atoms. The third-order valence-electron chi connectivity index (χ3n) is 4.26. The predicted molar refractivity (Wildman–Crippen MR) is 91.2 cm³/mol. The molecule has 0 fully saturated rings. The smallest absolute Gasteiger partial charge is 0.225 e. The number of carbonyl (C=O) groups excluding carboxylic acids is 1. The third-order valence-corrected chi connectivity index (χ3v) is 4.26. The number of nitrogens with two attached hydrogens (primary N) is 1. The second-order valence-electron chi connectivity index (χ2n) is 6.07. The van der Waals surface area contributed by atoms with Gasteiger partial charge in [0.2, 0.25) is 5.91 Å². The molecule has 0 saturated heterocycles. The molecule has 0 aromatic carbocycles. The summed E-state index contributed by atoms with van der Waals surface area (Å²) in [5.41, 5.74) is 7.20. The molecule has 3 aromatic rings. The highest BCUT2D eigenvalue weighted by Gasteiger charge is 2.22. The fraction of sp³-hybridized carbons (Fsp3) is 0.312. The molecular weight excluding hydrogens is 320 g/mol. The molecule has 0 spiro atoms. The van der Waals surface area contributed by atoms with E-state index in [-0.39, 0.29) is 6.42 Å². The van der Waals surface area contributed by atoms with Gasteiger partial charge in [-0.1, -0.05) is 6.07 Å². The molecule has 0 bridgehead atoms. The SMILES string of the molecule is CN1CCc2ccc(-c3nc(CC(N)=O)nn3-c3ccnn3C)nc21. The summed E-state index contributed by atoms with van der Waals surface area (Å²) in [7, 11) is 3.84. The first-order valence-electron chi connectivity index (χ1n) is 7.97. The van der Waals surface area contributed by atoms with E-state index in [2.05, 4.69) is 26.1 Å². The van der Waals surface area contributed by atoms with Crippen LogP contribution in [0.2, 0.25) is 0 Å². The number of amides is 1. The number of hydrogen-bond donors (Lipinski definition) is 1. The van der Waals surface area contributed by atoms with Crippen LogP contribution in [-0.2, 0) is 24.7 Å². The molecule has 1 aliphatic rings. The van der Waals surface area contributed by atoms with Crippen LogP contribution in [0.4, 0.5) is 5.82 Å². The number of carbonyl (C=O) groups is 1. The Morgan fingerprint density at radius 3 is 2.80 bits per heavy atom. The van der Waals surface area contributed by atoms with Gasteiger partial charge in [0.1, 0.15) is 11.5 Å². The summed E-state index contributed by atoms with van der Waals surface area (Å²) in [5, 5.41) is 8.61. The molecule has 9 nitrogen and oxygen atoms in total. The molecule has 1 aliphatic heterocycles. The van der Waals surface area contributed by atoms with Crippen molar-refractivity contribution < 1.29 is 4.79 Å². The maximum Gasteiger partial charge on any atom is 0.225 e. The molecule has 4 heterocycles. The summed E-state index contributed by atoms with van der Waals surface area (Å²) in [6.07, 6.45) is 2.64. The lowest BCUT2D eigenvalue weighted by Crippen LogP contribution is -2.15. The topological polar surface area (TPSA) is 108 Å². The number of fused-ring (bicyclic) bond motifs is 1. The molecular formula is C16H18N8O. The zero-order chi connectivity index (χ0) is 17.6. The predicted octanol–water partition coefficient (Wildman–Crippen LogP) is 0.0829. The van der Waals surface area contributed by atoms with Gasteiger partial charge in [-0.25, -0.2) is 9.97 Å². The fourth-order valence-electron chi connectivity index (χ4n) is 3.01. The minimum absolute atomic E-state index is 0.0251. The van der Waals surface area contributed by atoms with Crippen molar-refractivity contribution in [3.63, 3.8) is 0 Å². The van der Waals surface area contributed by atoms with Gasteiger partial charge in [-0.2, -0.15) is 9.78 Å². The molecule has 0 saturated carbocycles. The van der Waals surface area contributed by atoms with Crippen LogP contribution >= 0.6 is 0 Å². The quantitative estimate of drug-likeness (QED) is 0.722. The van der Waals surface area contributed by atoms with Crippen molar-refractivity contribution >= 4 is 11.7 Å². The molecule has 0 radical (unpaired) electrons. The van der Waals surface area contributed by atoms with E-state index < -0.39 is 5.91 Å². The maximum absolute atomic E-state index is 11.3. The minimum Gasteiger partial charge on any atom is -0.369 e. The highest BCUT2D eigenvalue weighted by atomic mass is 16.1. The summed E-state index contributed by atoms with van der Waals surface area (Å²) in [6, 6.07) is 5.83. The summed E-state index contributed by atoms with van der Waals surface area (Å²) in [5.74, 6) is 2.13. The van der Waals surface area contributed by atoms with Gasteiger partial charge in [-0.3, -0.25) is 9.48 Å². The summed E-state index contributed by atoms with van der Waals surface area (Å²) < 4.78 is 3.33. The molecule has 3 aromatic heterocycles. The monoisotopic (exact) mass is 338 g/mol. The number of hydrogen-bond acceptors (Lipinski definition) is 6. The van der Waals surface area contributed by atoms with Crippen LogP contribution in [-0.4, -0.2) is 49.0 Å². The van der Waals surface area contributed by atoms with Crippen molar-refractivity contribution in [2.24, 2.45) is 12.8 Å². The highest BCUT2D eigenvalue weighted by Crippen LogP contribution is 2.28. The molecule has 9 heteroatoms. The van der Waals surface area contributed by atoms with Gasteiger partial charge in [0.25, 0.3) is 0 Å². The average Bonchev–Trinajstić information content (AvgIpc) is 3.26. The lowest BCUT2D eigenvalue weighted by molar-refractivity contribution is -0.117. The van der Waals surface area contributed by atoms with Crippen molar-refractivity contribution in [2.75, 3.05) is 18.5 Å². The Hall–Kier alpha value is -3.23. The molecule has 0 aliphatic carbocycles. The zero-order valence-electron chi connectivity index (χ0n) is 14.0. The van der Waals surface area contributed by atoms with E-state index in [4.69, 9.17) is 10.7 Å². The number of rotatable bonds is 4. The van der Waals surface area contributed by atoms with E-state index in [1.54, 1.807) is 15.6 Å². The molecule has 128 valence electrons. The van der Waals surface area contributed by atoms with E-state index in [9.17, 15) is 4.79 Å². The number of nitrogens with zero attached hydrogens (tertiary/aromatic N) is 7. The Balaban J connectivity index is 1.86.